The molecule has 0 spiro atoms. The summed E-state index contributed by atoms with van der Waals surface area (Å²) < 4.78 is 2.19. The van der Waals surface area contributed by atoms with Crippen LogP contribution in [0.5, 0.6) is 0 Å². The van der Waals surface area contributed by atoms with Crippen molar-refractivity contribution in [2.45, 2.75) is 12.6 Å². The minimum Gasteiger partial charge on any atom is -0.378 e. The number of amides is 2. The van der Waals surface area contributed by atoms with E-state index in [1.807, 2.05) is 49.3 Å². The molecule has 0 saturated heterocycles. The van der Waals surface area contributed by atoms with Gasteiger partial charge in [-0.15, -0.1) is 0 Å². The Morgan fingerprint density at radius 3 is 2.52 bits per heavy atom. The number of nitrogens with zero attached hydrogens (tertiary/aromatic N) is 3. The van der Waals surface area contributed by atoms with Crippen molar-refractivity contribution in [3.05, 3.63) is 113 Å². The van der Waals surface area contributed by atoms with E-state index in [1.165, 1.54) is 0 Å². The highest BCUT2D eigenvalue weighted by atomic mass is 35.5. The zero-order valence-electron chi connectivity index (χ0n) is 18.6. The van der Waals surface area contributed by atoms with Crippen molar-refractivity contribution < 1.29 is 4.79 Å². The Balaban J connectivity index is 1.61. The van der Waals surface area contributed by atoms with E-state index in [0.29, 0.717) is 17.3 Å². The van der Waals surface area contributed by atoms with E-state index >= 15 is 0 Å². The molecule has 5 rings (SSSR count). The SMILES string of the molecule is CN(C)c1ccc([C@@H]2c3cccn3-c3ccccc3CN2C(=O)Nc2cccc(Cl)c2)cc1. The summed E-state index contributed by atoms with van der Waals surface area (Å²) in [5.74, 6) is 0. The molecule has 0 aliphatic carbocycles. The standard InChI is InChI=1S/C27H25ClN4O/c1-30(2)23-14-12-19(13-15-23)26-25-11-6-16-31(25)24-10-4-3-7-20(24)18-32(26)27(33)29-22-9-5-8-21(28)17-22/h3-17,26H,18H2,1-2H3,(H,29,33)/t26-/m1/s1. The fourth-order valence-corrected chi connectivity index (χ4v) is 4.60. The van der Waals surface area contributed by atoms with E-state index in [1.54, 1.807) is 12.1 Å². The quantitative estimate of drug-likeness (QED) is 0.391. The lowest BCUT2D eigenvalue weighted by atomic mass is 10.0. The van der Waals surface area contributed by atoms with Gasteiger partial charge in [0, 0.05) is 42.4 Å². The second-order valence-corrected chi connectivity index (χ2v) is 8.83. The maximum Gasteiger partial charge on any atom is 0.322 e. The molecule has 0 radical (unpaired) electrons. The van der Waals surface area contributed by atoms with Gasteiger partial charge in [0.1, 0.15) is 0 Å². The number of benzene rings is 3. The Kier molecular flexibility index (Phi) is 5.56. The molecule has 5 nitrogen and oxygen atoms in total. The van der Waals surface area contributed by atoms with Crippen LogP contribution < -0.4 is 10.2 Å². The van der Waals surface area contributed by atoms with Crippen molar-refractivity contribution in [1.82, 2.24) is 9.47 Å². The van der Waals surface area contributed by atoms with Gasteiger partial charge in [0.15, 0.2) is 0 Å². The lowest BCUT2D eigenvalue weighted by Crippen LogP contribution is -2.37. The van der Waals surface area contributed by atoms with Crippen molar-refractivity contribution in [3.8, 4) is 5.69 Å². The predicted octanol–water partition coefficient (Wildman–Crippen LogP) is 6.33. The number of hydrogen-bond donors (Lipinski definition) is 1. The molecule has 1 aliphatic heterocycles. The monoisotopic (exact) mass is 456 g/mol. The molecular formula is C27H25ClN4O. The van der Waals surface area contributed by atoms with Gasteiger partial charge in [0.05, 0.1) is 18.3 Å². The summed E-state index contributed by atoms with van der Waals surface area (Å²) in [5.41, 5.74) is 6.05. The molecule has 1 aromatic heterocycles. The summed E-state index contributed by atoms with van der Waals surface area (Å²) in [6.07, 6.45) is 2.06. The van der Waals surface area contributed by atoms with Gasteiger partial charge in [-0.05, 0) is 59.7 Å². The number of nitrogens with one attached hydrogen (secondary N) is 1. The highest BCUT2D eigenvalue weighted by molar-refractivity contribution is 6.30. The first-order valence-electron chi connectivity index (χ1n) is 10.9. The molecule has 1 atom stereocenters. The van der Waals surface area contributed by atoms with Crippen LogP contribution in [0, 0.1) is 0 Å². The van der Waals surface area contributed by atoms with Crippen LogP contribution in [0.2, 0.25) is 5.02 Å². The summed E-state index contributed by atoms with van der Waals surface area (Å²) >= 11 is 6.15. The fraction of sp³-hybridized carbons (Fsp3) is 0.148. The molecule has 3 aromatic carbocycles. The molecule has 0 unspecified atom stereocenters. The van der Waals surface area contributed by atoms with E-state index in [9.17, 15) is 4.79 Å². The number of hydrogen-bond acceptors (Lipinski definition) is 2. The summed E-state index contributed by atoms with van der Waals surface area (Å²) in [7, 11) is 4.04. The maximum absolute atomic E-state index is 13.7. The van der Waals surface area contributed by atoms with E-state index in [2.05, 4.69) is 63.4 Å². The number of para-hydroxylation sites is 1. The number of rotatable bonds is 3. The van der Waals surface area contributed by atoms with Gasteiger partial charge in [0.2, 0.25) is 0 Å². The first-order chi connectivity index (χ1) is 16.0. The van der Waals surface area contributed by atoms with Crippen molar-refractivity contribution in [2.75, 3.05) is 24.3 Å². The number of aromatic nitrogens is 1. The van der Waals surface area contributed by atoms with E-state index in [4.69, 9.17) is 11.6 Å². The normalized spacial score (nSPS) is 14.8. The van der Waals surface area contributed by atoms with Gasteiger partial charge in [-0.25, -0.2) is 4.79 Å². The predicted molar refractivity (Wildman–Crippen MR) is 134 cm³/mol. The number of fused-ring (bicyclic) bond motifs is 3. The van der Waals surface area contributed by atoms with Crippen molar-refractivity contribution in [2.24, 2.45) is 0 Å². The lowest BCUT2D eigenvalue weighted by Gasteiger charge is -2.31. The largest absolute Gasteiger partial charge is 0.378 e. The van der Waals surface area contributed by atoms with E-state index in [0.717, 1.165) is 28.2 Å². The van der Waals surface area contributed by atoms with Crippen molar-refractivity contribution >= 4 is 29.0 Å². The summed E-state index contributed by atoms with van der Waals surface area (Å²) in [6, 6.07) is 27.5. The molecule has 2 amide bonds. The van der Waals surface area contributed by atoms with Crippen LogP contribution in [0.25, 0.3) is 5.69 Å². The third kappa shape index (κ3) is 4.08. The Hall–Kier alpha value is -3.70. The molecule has 0 bridgehead atoms. The molecule has 2 heterocycles. The third-order valence-corrected chi connectivity index (χ3v) is 6.26. The molecule has 33 heavy (non-hydrogen) atoms. The lowest BCUT2D eigenvalue weighted by molar-refractivity contribution is 0.194. The molecule has 1 aliphatic rings. The molecule has 4 aromatic rings. The minimum absolute atomic E-state index is 0.177. The van der Waals surface area contributed by atoms with Crippen LogP contribution in [-0.2, 0) is 6.54 Å². The average molecular weight is 457 g/mol. The van der Waals surface area contributed by atoms with E-state index < -0.39 is 0 Å². The van der Waals surface area contributed by atoms with Gasteiger partial charge in [-0.2, -0.15) is 0 Å². The molecular weight excluding hydrogens is 432 g/mol. The van der Waals surface area contributed by atoms with Gasteiger partial charge in [-0.3, -0.25) is 0 Å². The van der Waals surface area contributed by atoms with Crippen molar-refractivity contribution in [3.63, 3.8) is 0 Å². The Labute approximate surface area is 198 Å². The molecule has 0 fully saturated rings. The third-order valence-electron chi connectivity index (χ3n) is 6.03. The number of anilines is 2. The van der Waals surface area contributed by atoms with Gasteiger partial charge < -0.3 is 19.7 Å². The van der Waals surface area contributed by atoms with Gasteiger partial charge in [0.25, 0.3) is 0 Å². The minimum atomic E-state index is -0.261. The summed E-state index contributed by atoms with van der Waals surface area (Å²) in [6.45, 7) is 0.477. The number of halogens is 1. The van der Waals surface area contributed by atoms with E-state index in [-0.39, 0.29) is 12.1 Å². The van der Waals surface area contributed by atoms with Crippen LogP contribution in [0.4, 0.5) is 16.2 Å². The maximum atomic E-state index is 13.7. The number of urea groups is 1. The second kappa shape index (κ2) is 8.68. The van der Waals surface area contributed by atoms with Crippen LogP contribution in [0.1, 0.15) is 22.9 Å². The van der Waals surface area contributed by atoms with Crippen LogP contribution in [0.15, 0.2) is 91.1 Å². The molecule has 6 heteroatoms. The van der Waals surface area contributed by atoms with Crippen molar-refractivity contribution in [1.29, 1.82) is 0 Å². The second-order valence-electron chi connectivity index (χ2n) is 8.39. The van der Waals surface area contributed by atoms with Gasteiger partial charge in [-0.1, -0.05) is 48.0 Å². The van der Waals surface area contributed by atoms with Crippen LogP contribution in [0.3, 0.4) is 0 Å². The average Bonchev–Trinajstić information content (AvgIpc) is 3.23. The van der Waals surface area contributed by atoms with Crippen LogP contribution in [-0.4, -0.2) is 29.6 Å². The zero-order chi connectivity index (χ0) is 22.9. The molecule has 166 valence electrons. The van der Waals surface area contributed by atoms with Crippen LogP contribution >= 0.6 is 11.6 Å². The Morgan fingerprint density at radius 2 is 1.76 bits per heavy atom. The smallest absolute Gasteiger partial charge is 0.322 e. The molecule has 1 N–H and O–H groups in total. The number of carbonyl (C=O) groups excluding carboxylic acids is 1. The number of carbonyl (C=O) groups is 1. The summed E-state index contributed by atoms with van der Waals surface area (Å²) in [4.78, 5) is 17.6. The molecule has 0 saturated carbocycles. The van der Waals surface area contributed by atoms with Gasteiger partial charge >= 0.3 is 6.03 Å². The zero-order valence-corrected chi connectivity index (χ0v) is 19.3. The topological polar surface area (TPSA) is 40.5 Å². The highest BCUT2D eigenvalue weighted by Crippen LogP contribution is 2.37. The highest BCUT2D eigenvalue weighted by Gasteiger charge is 2.33. The Morgan fingerprint density at radius 1 is 0.970 bits per heavy atom. The first kappa shape index (κ1) is 21.2. The summed E-state index contributed by atoms with van der Waals surface area (Å²) in [5, 5.41) is 3.63. The Bertz CT molecular complexity index is 1300. The fourth-order valence-electron chi connectivity index (χ4n) is 4.41. The first-order valence-corrected chi connectivity index (χ1v) is 11.2.